The summed E-state index contributed by atoms with van der Waals surface area (Å²) in [6.45, 7) is 0.483. The third-order valence-electron chi connectivity index (χ3n) is 3.16. The van der Waals surface area contributed by atoms with Gasteiger partial charge in [-0.25, -0.2) is 0 Å². The lowest BCUT2D eigenvalue weighted by Crippen LogP contribution is -2.35. The minimum atomic E-state index is -2.33. The quantitative estimate of drug-likeness (QED) is 0.604. The van der Waals surface area contributed by atoms with E-state index in [2.05, 4.69) is 21.2 Å². The highest BCUT2D eigenvalue weighted by atomic mass is 79.9. The van der Waals surface area contributed by atoms with Crippen molar-refractivity contribution in [3.8, 4) is 0 Å². The number of hydrogen-bond acceptors (Lipinski definition) is 4. The van der Waals surface area contributed by atoms with Gasteiger partial charge in [-0.05, 0) is 30.2 Å². The molecule has 0 bridgehead atoms. The van der Waals surface area contributed by atoms with Gasteiger partial charge in [0.1, 0.15) is 0 Å². The molecule has 0 spiro atoms. The first-order valence-electron chi connectivity index (χ1n) is 6.73. The average Bonchev–Trinajstić information content (AvgIpc) is 2.47. The lowest BCUT2D eigenvalue weighted by molar-refractivity contribution is -0.163. The summed E-state index contributed by atoms with van der Waals surface area (Å²) < 4.78 is 0.856. The lowest BCUT2D eigenvalue weighted by Gasteiger charge is -2.16. The Bertz CT molecular complexity index is 651. The van der Waals surface area contributed by atoms with E-state index in [1.54, 1.807) is 42.5 Å². The highest BCUT2D eigenvalue weighted by molar-refractivity contribution is 9.10. The number of nitrogens with one attached hydrogen (secondary N) is 1. The molecule has 0 radical (unpaired) electrons. The summed E-state index contributed by atoms with van der Waals surface area (Å²) in [6.07, 6.45) is 0.633. The van der Waals surface area contributed by atoms with Gasteiger partial charge in [-0.2, -0.15) is 0 Å². The van der Waals surface area contributed by atoms with E-state index in [0.717, 1.165) is 10.0 Å². The summed E-state index contributed by atoms with van der Waals surface area (Å²) >= 11 is 3.33. The minimum Gasteiger partial charge on any atom is -0.352 e. The number of hydrogen-bond donors (Lipinski definition) is 4. The second-order valence-electron chi connectivity index (χ2n) is 4.94. The van der Waals surface area contributed by atoms with Crippen LogP contribution in [0.15, 0.2) is 53.0 Å². The van der Waals surface area contributed by atoms with Crippen molar-refractivity contribution in [2.45, 2.75) is 12.3 Å². The fourth-order valence-electron chi connectivity index (χ4n) is 1.97. The van der Waals surface area contributed by atoms with E-state index in [9.17, 15) is 15.0 Å². The van der Waals surface area contributed by atoms with Crippen LogP contribution < -0.4 is 11.1 Å². The normalized spacial score (nSPS) is 11.3. The zero-order valence-electron chi connectivity index (χ0n) is 11.8. The third-order valence-corrected chi connectivity index (χ3v) is 3.66. The van der Waals surface area contributed by atoms with Crippen LogP contribution in [0, 0.1) is 0 Å². The largest absolute Gasteiger partial charge is 0.352 e. The van der Waals surface area contributed by atoms with Gasteiger partial charge in [0.25, 0.3) is 5.91 Å². The molecule has 5 nitrogen and oxygen atoms in total. The molecule has 0 saturated heterocycles. The summed E-state index contributed by atoms with van der Waals surface area (Å²) in [6, 6.07) is 13.8. The Labute approximate surface area is 136 Å². The Kier molecular flexibility index (Phi) is 5.31. The van der Waals surface area contributed by atoms with Gasteiger partial charge < -0.3 is 15.5 Å². The standard InChI is InChI=1S/C16H17BrN2O3/c17-14-3-1-2-12(10-14)15(20)19-9-8-11-4-6-13(7-5-11)16(18,21)22/h1-7,10,21-22H,8-9,18H2,(H,19,20). The molecule has 2 rings (SSSR count). The van der Waals surface area contributed by atoms with Crippen LogP contribution in [0.1, 0.15) is 21.5 Å². The van der Waals surface area contributed by atoms with Gasteiger partial charge in [0, 0.05) is 22.1 Å². The molecule has 2 aromatic carbocycles. The second kappa shape index (κ2) is 7.02. The van der Waals surface area contributed by atoms with Crippen LogP contribution >= 0.6 is 15.9 Å². The van der Waals surface area contributed by atoms with Crippen molar-refractivity contribution < 1.29 is 15.0 Å². The molecule has 2 aromatic rings. The number of carbonyl (C=O) groups excluding carboxylic acids is 1. The summed E-state index contributed by atoms with van der Waals surface area (Å²) in [5, 5.41) is 21.3. The molecule has 0 aliphatic rings. The van der Waals surface area contributed by atoms with Gasteiger partial charge in [-0.1, -0.05) is 46.3 Å². The second-order valence-corrected chi connectivity index (χ2v) is 5.85. The van der Waals surface area contributed by atoms with Crippen molar-refractivity contribution in [3.63, 3.8) is 0 Å². The maximum Gasteiger partial charge on any atom is 0.251 e. The molecule has 22 heavy (non-hydrogen) atoms. The fourth-order valence-corrected chi connectivity index (χ4v) is 2.37. The molecule has 5 N–H and O–H groups in total. The number of nitrogens with two attached hydrogens (primary N) is 1. The molecule has 0 unspecified atom stereocenters. The highest BCUT2D eigenvalue weighted by Gasteiger charge is 2.18. The van der Waals surface area contributed by atoms with Crippen molar-refractivity contribution in [1.82, 2.24) is 5.32 Å². The van der Waals surface area contributed by atoms with E-state index in [-0.39, 0.29) is 11.5 Å². The van der Waals surface area contributed by atoms with Crippen molar-refractivity contribution in [3.05, 3.63) is 69.7 Å². The van der Waals surface area contributed by atoms with Crippen molar-refractivity contribution in [2.24, 2.45) is 5.73 Å². The number of amides is 1. The van der Waals surface area contributed by atoms with Crippen LogP contribution in [-0.2, 0) is 12.3 Å². The van der Waals surface area contributed by atoms with Crippen LogP contribution in [0.4, 0.5) is 0 Å². The molecule has 0 heterocycles. The first-order chi connectivity index (χ1) is 10.4. The number of benzene rings is 2. The molecule has 0 aliphatic heterocycles. The first kappa shape index (κ1) is 16.6. The molecule has 6 heteroatoms. The van der Waals surface area contributed by atoms with Gasteiger partial charge in [0.15, 0.2) is 0 Å². The predicted molar refractivity (Wildman–Crippen MR) is 86.9 cm³/mol. The van der Waals surface area contributed by atoms with E-state index in [0.29, 0.717) is 18.5 Å². The van der Waals surface area contributed by atoms with Crippen LogP contribution in [0.25, 0.3) is 0 Å². The third kappa shape index (κ3) is 4.64. The fraction of sp³-hybridized carbons (Fsp3) is 0.188. The zero-order chi connectivity index (χ0) is 16.2. The number of carbonyl (C=O) groups is 1. The van der Waals surface area contributed by atoms with E-state index >= 15 is 0 Å². The molecule has 0 aliphatic carbocycles. The summed E-state index contributed by atoms with van der Waals surface area (Å²) in [4.78, 5) is 12.0. The minimum absolute atomic E-state index is 0.135. The summed E-state index contributed by atoms with van der Waals surface area (Å²) in [5.41, 5.74) is 6.95. The number of aliphatic hydroxyl groups is 2. The topological polar surface area (TPSA) is 95.6 Å². The first-order valence-corrected chi connectivity index (χ1v) is 7.52. The van der Waals surface area contributed by atoms with Crippen LogP contribution in [0.2, 0.25) is 0 Å². The van der Waals surface area contributed by atoms with E-state index in [4.69, 9.17) is 5.73 Å². The molecule has 116 valence electrons. The van der Waals surface area contributed by atoms with Gasteiger partial charge in [-0.15, -0.1) is 0 Å². The maximum atomic E-state index is 12.0. The number of halogens is 1. The average molecular weight is 365 g/mol. The SMILES string of the molecule is NC(O)(O)c1ccc(CCNC(=O)c2cccc(Br)c2)cc1. The van der Waals surface area contributed by atoms with Crippen LogP contribution in [0.3, 0.4) is 0 Å². The monoisotopic (exact) mass is 364 g/mol. The highest BCUT2D eigenvalue weighted by Crippen LogP contribution is 2.13. The van der Waals surface area contributed by atoms with Gasteiger partial charge in [0.05, 0.1) is 0 Å². The molecule has 0 atom stereocenters. The van der Waals surface area contributed by atoms with Crippen molar-refractivity contribution in [1.29, 1.82) is 0 Å². The zero-order valence-corrected chi connectivity index (χ0v) is 13.4. The Balaban J connectivity index is 1.87. The van der Waals surface area contributed by atoms with Gasteiger partial charge in [-0.3, -0.25) is 10.5 Å². The van der Waals surface area contributed by atoms with Crippen LogP contribution in [-0.4, -0.2) is 22.7 Å². The maximum absolute atomic E-state index is 12.0. The Morgan fingerprint density at radius 2 is 1.86 bits per heavy atom. The van der Waals surface area contributed by atoms with E-state index in [1.165, 1.54) is 0 Å². The van der Waals surface area contributed by atoms with Gasteiger partial charge in [0.2, 0.25) is 5.91 Å². The van der Waals surface area contributed by atoms with Crippen molar-refractivity contribution >= 4 is 21.8 Å². The van der Waals surface area contributed by atoms with Gasteiger partial charge >= 0.3 is 0 Å². The van der Waals surface area contributed by atoms with Crippen LogP contribution in [0.5, 0.6) is 0 Å². The Morgan fingerprint density at radius 1 is 1.18 bits per heavy atom. The van der Waals surface area contributed by atoms with Crippen molar-refractivity contribution in [2.75, 3.05) is 6.54 Å². The predicted octanol–water partition coefficient (Wildman–Crippen LogP) is 1.48. The molecule has 1 amide bonds. The molecular formula is C16H17BrN2O3. The van der Waals surface area contributed by atoms with E-state index < -0.39 is 5.91 Å². The molecular weight excluding hydrogens is 348 g/mol. The molecule has 0 saturated carbocycles. The molecule has 0 fully saturated rings. The number of rotatable bonds is 5. The Hall–Kier alpha value is -1.73. The summed E-state index contributed by atoms with van der Waals surface area (Å²) in [5.74, 6) is -2.46. The van der Waals surface area contributed by atoms with E-state index in [1.807, 2.05) is 6.07 Å². The summed E-state index contributed by atoms with van der Waals surface area (Å²) in [7, 11) is 0. The molecule has 0 aromatic heterocycles. The smallest absolute Gasteiger partial charge is 0.251 e. The lowest BCUT2D eigenvalue weighted by atomic mass is 10.1. The Morgan fingerprint density at radius 3 is 2.45 bits per heavy atom.